The first-order chi connectivity index (χ1) is 18.0. The summed E-state index contributed by atoms with van der Waals surface area (Å²) in [5, 5.41) is 4.16. The Balaban J connectivity index is 1.57. The largest absolute Gasteiger partial charge is 0.480 e. The van der Waals surface area contributed by atoms with Crippen LogP contribution in [-0.4, -0.2) is 54.4 Å². The Morgan fingerprint density at radius 2 is 1.43 bits per heavy atom. The smallest absolute Gasteiger partial charge is 0.243 e. The van der Waals surface area contributed by atoms with Gasteiger partial charge in [0.25, 0.3) is 0 Å². The van der Waals surface area contributed by atoms with Gasteiger partial charge in [0.1, 0.15) is 5.84 Å². The number of methoxy groups -OCH3 is 2. The number of pyridine rings is 1. The lowest BCUT2D eigenvalue weighted by atomic mass is 9.98. The van der Waals surface area contributed by atoms with Crippen LogP contribution in [0.15, 0.2) is 59.7 Å². The van der Waals surface area contributed by atoms with Crippen LogP contribution >= 0.6 is 23.2 Å². The van der Waals surface area contributed by atoms with Crippen LogP contribution in [0.1, 0.15) is 16.1 Å². The number of halogens is 2. The molecule has 0 radical (unpaired) electrons. The van der Waals surface area contributed by atoms with Gasteiger partial charge in [-0.3, -0.25) is 9.79 Å². The number of benzene rings is 2. The highest BCUT2D eigenvalue weighted by Gasteiger charge is 2.20. The zero-order valence-corrected chi connectivity index (χ0v) is 21.5. The zero-order valence-electron chi connectivity index (χ0n) is 20.0. The molecule has 0 saturated heterocycles. The molecule has 2 aromatic heterocycles. The molecule has 5 rings (SSSR count). The maximum Gasteiger partial charge on any atom is 0.243 e. The number of carbonyl (C=O) groups excluding carboxylic acids is 1. The first-order valence-electron chi connectivity index (χ1n) is 11.3. The molecule has 0 fully saturated rings. The Morgan fingerprint density at radius 1 is 0.811 bits per heavy atom. The maximum atomic E-state index is 11.2. The van der Waals surface area contributed by atoms with E-state index in [0.717, 1.165) is 29.1 Å². The van der Waals surface area contributed by atoms with Gasteiger partial charge in [-0.25, -0.2) is 15.0 Å². The number of hydrogen-bond acceptors (Lipinski definition) is 8. The molecule has 37 heavy (non-hydrogen) atoms. The SMILES string of the molecule is COc1nc(-c2cccc(-c3cccc(-c4cnc(C=O)c(OC)n4)c3Cl)c2Cl)ccc1C1=NCCN1. The van der Waals surface area contributed by atoms with Crippen LogP contribution in [0.5, 0.6) is 11.8 Å². The molecule has 186 valence electrons. The molecule has 2 aromatic carbocycles. The topological polar surface area (TPSA) is 98.6 Å². The Bertz CT molecular complexity index is 1540. The number of aromatic nitrogens is 3. The number of carbonyl (C=O) groups is 1. The lowest BCUT2D eigenvalue weighted by Gasteiger charge is -2.15. The first-order valence-corrected chi connectivity index (χ1v) is 12.1. The molecular formula is C27H21Cl2N5O3. The van der Waals surface area contributed by atoms with Crippen molar-refractivity contribution in [1.82, 2.24) is 20.3 Å². The summed E-state index contributed by atoms with van der Waals surface area (Å²) in [4.78, 5) is 28.9. The first kappa shape index (κ1) is 24.7. The molecule has 1 aliphatic rings. The Labute approximate surface area is 223 Å². The monoisotopic (exact) mass is 533 g/mol. The van der Waals surface area contributed by atoms with Crippen molar-refractivity contribution in [3.63, 3.8) is 0 Å². The lowest BCUT2D eigenvalue weighted by Crippen LogP contribution is -2.20. The summed E-state index contributed by atoms with van der Waals surface area (Å²) < 4.78 is 10.8. The van der Waals surface area contributed by atoms with E-state index in [-0.39, 0.29) is 11.6 Å². The number of aldehydes is 1. The molecular weight excluding hydrogens is 513 g/mol. The number of ether oxygens (including phenoxy) is 2. The third-order valence-corrected chi connectivity index (χ3v) is 6.71. The van der Waals surface area contributed by atoms with E-state index in [4.69, 9.17) is 37.7 Å². The summed E-state index contributed by atoms with van der Waals surface area (Å²) in [6, 6.07) is 15.0. The van der Waals surface area contributed by atoms with E-state index in [1.807, 2.05) is 48.5 Å². The molecule has 0 spiro atoms. The zero-order chi connectivity index (χ0) is 25.9. The molecule has 10 heteroatoms. The van der Waals surface area contributed by atoms with Gasteiger partial charge < -0.3 is 14.8 Å². The summed E-state index contributed by atoms with van der Waals surface area (Å²) in [5.74, 6) is 1.34. The summed E-state index contributed by atoms with van der Waals surface area (Å²) in [6.45, 7) is 1.50. The van der Waals surface area contributed by atoms with E-state index in [1.54, 1.807) is 7.11 Å². The van der Waals surface area contributed by atoms with Gasteiger partial charge in [-0.05, 0) is 12.1 Å². The van der Waals surface area contributed by atoms with Crippen molar-refractivity contribution in [2.24, 2.45) is 4.99 Å². The van der Waals surface area contributed by atoms with Crippen LogP contribution in [-0.2, 0) is 0 Å². The Morgan fingerprint density at radius 3 is 2.03 bits per heavy atom. The molecule has 0 aliphatic carbocycles. The van der Waals surface area contributed by atoms with E-state index in [2.05, 4.69) is 20.3 Å². The van der Waals surface area contributed by atoms with Gasteiger partial charge in [0, 0.05) is 28.8 Å². The predicted molar refractivity (Wildman–Crippen MR) is 144 cm³/mol. The summed E-state index contributed by atoms with van der Waals surface area (Å²) in [6.07, 6.45) is 2.07. The second-order valence-corrected chi connectivity index (χ2v) is 8.77. The fourth-order valence-electron chi connectivity index (χ4n) is 4.12. The highest BCUT2D eigenvalue weighted by molar-refractivity contribution is 6.39. The minimum atomic E-state index is 0.110. The molecule has 3 heterocycles. The maximum absolute atomic E-state index is 11.2. The average Bonchev–Trinajstić information content (AvgIpc) is 3.48. The summed E-state index contributed by atoms with van der Waals surface area (Å²) >= 11 is 13.8. The van der Waals surface area contributed by atoms with Gasteiger partial charge in [-0.2, -0.15) is 0 Å². The van der Waals surface area contributed by atoms with Gasteiger partial charge in [0.2, 0.25) is 11.8 Å². The van der Waals surface area contributed by atoms with E-state index in [9.17, 15) is 4.79 Å². The van der Waals surface area contributed by atoms with Crippen LogP contribution < -0.4 is 14.8 Å². The van der Waals surface area contributed by atoms with Gasteiger partial charge in [-0.1, -0.05) is 59.6 Å². The number of amidine groups is 1. The van der Waals surface area contributed by atoms with Crippen molar-refractivity contribution in [2.45, 2.75) is 0 Å². The number of nitrogens with one attached hydrogen (secondary N) is 1. The highest BCUT2D eigenvalue weighted by Crippen LogP contribution is 2.42. The Hall–Kier alpha value is -4.01. The predicted octanol–water partition coefficient (Wildman–Crippen LogP) is 5.36. The highest BCUT2D eigenvalue weighted by atomic mass is 35.5. The standard InChI is InChI=1S/C27H21Cl2N5O3/c1-36-26-19(25-30-11-12-31-25)9-10-20(33-26)17-7-3-5-15(23(17)28)16-6-4-8-18(24(16)29)21-13-32-22(14-35)27(34-21)37-2/h3-10,13-14H,11-12H2,1-2H3,(H,30,31). The molecule has 1 N–H and O–H groups in total. The number of rotatable bonds is 7. The molecule has 1 aliphatic heterocycles. The van der Waals surface area contributed by atoms with E-state index < -0.39 is 0 Å². The van der Waals surface area contributed by atoms with Gasteiger partial charge in [-0.15, -0.1) is 0 Å². The van der Waals surface area contributed by atoms with Gasteiger partial charge in [0.15, 0.2) is 12.0 Å². The van der Waals surface area contributed by atoms with Gasteiger partial charge in [0.05, 0.1) is 54.0 Å². The molecule has 4 aromatic rings. The van der Waals surface area contributed by atoms with Crippen molar-refractivity contribution in [3.05, 3.63) is 76.0 Å². The van der Waals surface area contributed by atoms with Crippen LogP contribution in [0.4, 0.5) is 0 Å². The minimum absolute atomic E-state index is 0.110. The third-order valence-electron chi connectivity index (χ3n) is 5.89. The van der Waals surface area contributed by atoms with Gasteiger partial charge >= 0.3 is 0 Å². The van der Waals surface area contributed by atoms with Crippen LogP contribution in [0, 0.1) is 0 Å². The molecule has 0 saturated carbocycles. The van der Waals surface area contributed by atoms with E-state index in [0.29, 0.717) is 51.3 Å². The third kappa shape index (κ3) is 4.61. The van der Waals surface area contributed by atoms with Crippen molar-refractivity contribution in [2.75, 3.05) is 27.3 Å². The second kappa shape index (κ2) is 10.5. The molecule has 0 bridgehead atoms. The van der Waals surface area contributed by atoms with E-state index in [1.165, 1.54) is 13.3 Å². The van der Waals surface area contributed by atoms with Crippen LogP contribution in [0.25, 0.3) is 33.6 Å². The van der Waals surface area contributed by atoms with Crippen LogP contribution in [0.3, 0.4) is 0 Å². The van der Waals surface area contributed by atoms with Crippen molar-refractivity contribution < 1.29 is 14.3 Å². The summed E-state index contributed by atoms with van der Waals surface area (Å²) in [7, 11) is 3.01. The quantitative estimate of drug-likeness (QED) is 0.319. The minimum Gasteiger partial charge on any atom is -0.480 e. The fourth-order valence-corrected chi connectivity index (χ4v) is 4.77. The summed E-state index contributed by atoms with van der Waals surface area (Å²) in [5.41, 5.74) is 4.80. The van der Waals surface area contributed by atoms with Crippen LogP contribution in [0.2, 0.25) is 10.0 Å². The van der Waals surface area contributed by atoms with Crippen molar-refractivity contribution in [1.29, 1.82) is 0 Å². The fraction of sp³-hybridized carbons (Fsp3) is 0.148. The number of hydrogen-bond donors (Lipinski definition) is 1. The molecule has 0 unspecified atom stereocenters. The van der Waals surface area contributed by atoms with E-state index >= 15 is 0 Å². The molecule has 0 atom stereocenters. The number of aliphatic imine (C=N–C) groups is 1. The average molecular weight is 534 g/mol. The van der Waals surface area contributed by atoms with Crippen molar-refractivity contribution in [3.8, 4) is 45.4 Å². The lowest BCUT2D eigenvalue weighted by molar-refractivity contribution is 0.111. The Kier molecular flexibility index (Phi) is 7.03. The molecule has 8 nitrogen and oxygen atoms in total. The normalized spacial score (nSPS) is 12.6. The second-order valence-electron chi connectivity index (χ2n) is 8.01. The van der Waals surface area contributed by atoms with Crippen molar-refractivity contribution >= 4 is 35.3 Å². The molecule has 0 amide bonds. The number of nitrogens with zero attached hydrogens (tertiary/aromatic N) is 4.